The number of benzene rings is 1. The summed E-state index contributed by atoms with van der Waals surface area (Å²) in [7, 11) is 0. The predicted octanol–water partition coefficient (Wildman–Crippen LogP) is 6.25. The Morgan fingerprint density at radius 1 is 0.769 bits per heavy atom. The van der Waals surface area contributed by atoms with Crippen LogP contribution in [0.2, 0.25) is 0 Å². The molecule has 2 rings (SSSR count). The highest BCUT2D eigenvalue weighted by atomic mass is 16.7. The second-order valence-electron chi connectivity index (χ2n) is 8.49. The van der Waals surface area contributed by atoms with Crippen LogP contribution in [-0.4, -0.2) is 24.1 Å². The molecule has 3 nitrogen and oxygen atoms in total. The minimum Gasteiger partial charge on any atom is -0.377 e. The Balaban J connectivity index is 1.38. The summed E-state index contributed by atoms with van der Waals surface area (Å²) in [6, 6.07) is 10.4. The van der Waals surface area contributed by atoms with Gasteiger partial charge < -0.3 is 14.2 Å². The maximum atomic E-state index is 6.04. The van der Waals surface area contributed by atoms with Gasteiger partial charge in [0.15, 0.2) is 6.29 Å². The highest BCUT2D eigenvalue weighted by molar-refractivity contribution is 5.13. The quantitative estimate of drug-likeness (QED) is 0.411. The van der Waals surface area contributed by atoms with Crippen molar-refractivity contribution < 1.29 is 14.2 Å². The molecule has 148 valence electrons. The van der Waals surface area contributed by atoms with Crippen LogP contribution in [0.3, 0.4) is 0 Å². The molecule has 1 aromatic rings. The number of unbranched alkanes of at least 4 members (excludes halogenated alkanes) is 6. The van der Waals surface area contributed by atoms with Gasteiger partial charge in [0.05, 0.1) is 17.8 Å². The first kappa shape index (κ1) is 21.4. The van der Waals surface area contributed by atoms with Crippen molar-refractivity contribution in [2.45, 2.75) is 103 Å². The summed E-state index contributed by atoms with van der Waals surface area (Å²) in [5, 5.41) is 0. The largest absolute Gasteiger partial charge is 0.377 e. The predicted molar refractivity (Wildman–Crippen MR) is 107 cm³/mol. The van der Waals surface area contributed by atoms with Gasteiger partial charge in [-0.2, -0.15) is 0 Å². The van der Waals surface area contributed by atoms with Gasteiger partial charge in [0, 0.05) is 6.61 Å². The van der Waals surface area contributed by atoms with Crippen LogP contribution in [0.4, 0.5) is 0 Å². The summed E-state index contributed by atoms with van der Waals surface area (Å²) in [4.78, 5) is 0. The Kier molecular flexibility index (Phi) is 8.59. The highest BCUT2D eigenvalue weighted by Crippen LogP contribution is 2.39. The van der Waals surface area contributed by atoms with Crippen molar-refractivity contribution in [2.24, 2.45) is 0 Å². The molecule has 0 amide bonds. The van der Waals surface area contributed by atoms with E-state index in [2.05, 4.69) is 52.0 Å². The van der Waals surface area contributed by atoms with Gasteiger partial charge in [-0.15, -0.1) is 0 Å². The Labute approximate surface area is 160 Å². The fraction of sp³-hybridized carbons (Fsp3) is 0.739. The topological polar surface area (TPSA) is 27.7 Å². The van der Waals surface area contributed by atoms with Crippen LogP contribution in [0.1, 0.15) is 84.6 Å². The zero-order valence-corrected chi connectivity index (χ0v) is 17.3. The van der Waals surface area contributed by atoms with Crippen LogP contribution in [0.15, 0.2) is 30.3 Å². The number of rotatable bonds is 12. The van der Waals surface area contributed by atoms with E-state index >= 15 is 0 Å². The Morgan fingerprint density at radius 3 is 1.92 bits per heavy atom. The first-order valence-corrected chi connectivity index (χ1v) is 10.4. The number of hydrogen-bond donors (Lipinski definition) is 0. The molecule has 0 aromatic heterocycles. The lowest BCUT2D eigenvalue weighted by Crippen LogP contribution is -2.41. The van der Waals surface area contributed by atoms with Gasteiger partial charge in [0.1, 0.15) is 0 Å². The van der Waals surface area contributed by atoms with Gasteiger partial charge in [-0.25, -0.2) is 0 Å². The molecule has 1 aromatic carbocycles. The van der Waals surface area contributed by atoms with Gasteiger partial charge in [0.25, 0.3) is 0 Å². The lowest BCUT2D eigenvalue weighted by molar-refractivity contribution is -0.0913. The van der Waals surface area contributed by atoms with Crippen LogP contribution < -0.4 is 0 Å². The van der Waals surface area contributed by atoms with Crippen molar-refractivity contribution in [3.05, 3.63) is 35.9 Å². The molecule has 0 bridgehead atoms. The molecule has 0 aliphatic carbocycles. The lowest BCUT2D eigenvalue weighted by atomic mass is 9.90. The van der Waals surface area contributed by atoms with Gasteiger partial charge in [-0.3, -0.25) is 0 Å². The first-order chi connectivity index (χ1) is 12.4. The monoisotopic (exact) mass is 362 g/mol. The molecule has 0 saturated carbocycles. The van der Waals surface area contributed by atoms with E-state index in [1.54, 1.807) is 0 Å². The average Bonchev–Trinajstić information content (AvgIpc) is 2.80. The molecule has 26 heavy (non-hydrogen) atoms. The Hall–Kier alpha value is -0.900. The Morgan fingerprint density at radius 2 is 1.31 bits per heavy atom. The second kappa shape index (κ2) is 10.4. The molecule has 0 spiro atoms. The minimum atomic E-state index is -0.194. The smallest absolute Gasteiger partial charge is 0.159 e. The molecule has 3 heteroatoms. The summed E-state index contributed by atoms with van der Waals surface area (Å²) >= 11 is 0. The van der Waals surface area contributed by atoms with Crippen molar-refractivity contribution in [3.8, 4) is 0 Å². The number of hydrogen-bond acceptors (Lipinski definition) is 3. The summed E-state index contributed by atoms with van der Waals surface area (Å²) in [5.41, 5.74) is 0.870. The third-order valence-corrected chi connectivity index (χ3v) is 5.64. The van der Waals surface area contributed by atoms with E-state index in [1.807, 2.05) is 6.07 Å². The third-order valence-electron chi connectivity index (χ3n) is 5.64. The zero-order chi connectivity index (χ0) is 18.9. The standard InChI is InChI=1S/C23H38O3/c1-22(2)23(3,4)26-21(25-22)17-13-8-6-5-7-9-14-18-24-19-20-15-11-10-12-16-20/h10-12,15-16,21H,5-9,13-14,17-19H2,1-4H3. The molecular formula is C23H38O3. The van der Waals surface area contributed by atoms with Crippen molar-refractivity contribution >= 4 is 0 Å². The van der Waals surface area contributed by atoms with E-state index in [9.17, 15) is 0 Å². The van der Waals surface area contributed by atoms with Crippen LogP contribution in [0.25, 0.3) is 0 Å². The molecule has 0 N–H and O–H groups in total. The van der Waals surface area contributed by atoms with E-state index in [0.717, 1.165) is 19.6 Å². The van der Waals surface area contributed by atoms with E-state index in [1.165, 1.54) is 50.5 Å². The van der Waals surface area contributed by atoms with Crippen molar-refractivity contribution in [3.63, 3.8) is 0 Å². The van der Waals surface area contributed by atoms with Crippen LogP contribution in [0.5, 0.6) is 0 Å². The normalized spacial score (nSPS) is 19.1. The SMILES string of the molecule is CC1(C)OC(CCCCCCCCCOCc2ccccc2)OC1(C)C. The van der Waals surface area contributed by atoms with E-state index in [4.69, 9.17) is 14.2 Å². The summed E-state index contributed by atoms with van der Waals surface area (Å²) in [5.74, 6) is 0. The summed E-state index contributed by atoms with van der Waals surface area (Å²) in [6.45, 7) is 10.1. The number of ether oxygens (including phenoxy) is 3. The molecule has 0 radical (unpaired) electrons. The Bertz CT molecular complexity index is 479. The zero-order valence-electron chi connectivity index (χ0n) is 17.3. The molecule has 1 aliphatic rings. The van der Waals surface area contributed by atoms with Crippen LogP contribution in [0, 0.1) is 0 Å². The third kappa shape index (κ3) is 7.02. The summed E-state index contributed by atoms with van der Waals surface area (Å²) in [6.07, 6.45) is 9.83. The maximum Gasteiger partial charge on any atom is 0.159 e. The molecule has 0 unspecified atom stereocenters. The highest BCUT2D eigenvalue weighted by Gasteiger charge is 2.48. The molecule has 1 aliphatic heterocycles. The first-order valence-electron chi connectivity index (χ1n) is 10.4. The molecule has 1 saturated heterocycles. The van der Waals surface area contributed by atoms with E-state index in [-0.39, 0.29) is 17.5 Å². The van der Waals surface area contributed by atoms with Crippen LogP contribution in [-0.2, 0) is 20.8 Å². The van der Waals surface area contributed by atoms with Gasteiger partial charge in [-0.05, 0) is 52.5 Å². The van der Waals surface area contributed by atoms with Crippen molar-refractivity contribution in [1.29, 1.82) is 0 Å². The van der Waals surface area contributed by atoms with E-state index in [0.29, 0.717) is 0 Å². The maximum absolute atomic E-state index is 6.04. The molecule has 1 fully saturated rings. The fourth-order valence-corrected chi connectivity index (χ4v) is 3.25. The molecule has 1 heterocycles. The van der Waals surface area contributed by atoms with Gasteiger partial charge in [0.2, 0.25) is 0 Å². The van der Waals surface area contributed by atoms with Gasteiger partial charge >= 0.3 is 0 Å². The molecule has 0 atom stereocenters. The molecular weight excluding hydrogens is 324 g/mol. The lowest BCUT2D eigenvalue weighted by Gasteiger charge is -2.30. The second-order valence-corrected chi connectivity index (χ2v) is 8.49. The summed E-state index contributed by atoms with van der Waals surface area (Å²) < 4.78 is 17.8. The van der Waals surface area contributed by atoms with E-state index < -0.39 is 0 Å². The van der Waals surface area contributed by atoms with Crippen LogP contribution >= 0.6 is 0 Å². The van der Waals surface area contributed by atoms with Crippen molar-refractivity contribution in [2.75, 3.05) is 6.61 Å². The average molecular weight is 363 g/mol. The minimum absolute atomic E-state index is 0.0261. The fourth-order valence-electron chi connectivity index (χ4n) is 3.25. The van der Waals surface area contributed by atoms with Gasteiger partial charge in [-0.1, -0.05) is 62.4 Å². The van der Waals surface area contributed by atoms with Crippen molar-refractivity contribution in [1.82, 2.24) is 0 Å².